The molecule has 0 aromatic rings. The van der Waals surface area contributed by atoms with Crippen molar-refractivity contribution in [2.24, 2.45) is 5.41 Å². The van der Waals surface area contributed by atoms with E-state index in [-0.39, 0.29) is 0 Å². The van der Waals surface area contributed by atoms with E-state index in [0.29, 0.717) is 24.2 Å². The van der Waals surface area contributed by atoms with Crippen LogP contribution in [0, 0.1) is 5.41 Å². The Labute approximate surface area is 99.4 Å². The molecule has 0 bridgehead atoms. The smallest absolute Gasteiger partial charge is 0.146 e. The van der Waals surface area contributed by atoms with Gasteiger partial charge in [0.05, 0.1) is 6.54 Å². The number of hydrogen-bond donors (Lipinski definition) is 0. The average molecular weight is 223 g/mol. The Morgan fingerprint density at radius 1 is 1.06 bits per heavy atom. The molecule has 1 aliphatic heterocycles. The molecule has 0 unspecified atom stereocenters. The molecule has 0 aromatic carbocycles. The second kappa shape index (κ2) is 5.31. The van der Waals surface area contributed by atoms with E-state index >= 15 is 0 Å². The highest BCUT2D eigenvalue weighted by Crippen LogP contribution is 2.44. The predicted molar refractivity (Wildman–Crippen MR) is 66.5 cm³/mol. The van der Waals surface area contributed by atoms with E-state index in [1.807, 2.05) is 6.92 Å². The van der Waals surface area contributed by atoms with Gasteiger partial charge in [0, 0.05) is 6.42 Å². The molecule has 1 saturated heterocycles. The molecule has 1 spiro atoms. The van der Waals surface area contributed by atoms with Crippen LogP contribution in [0.2, 0.25) is 0 Å². The fourth-order valence-electron chi connectivity index (χ4n) is 3.35. The first kappa shape index (κ1) is 12.1. The first-order valence-electron chi connectivity index (χ1n) is 6.98. The van der Waals surface area contributed by atoms with Gasteiger partial charge in [-0.25, -0.2) is 0 Å². The Balaban J connectivity index is 1.79. The van der Waals surface area contributed by atoms with Gasteiger partial charge in [-0.05, 0) is 44.2 Å². The van der Waals surface area contributed by atoms with Crippen molar-refractivity contribution < 1.29 is 4.79 Å². The molecule has 0 aromatic heterocycles. The maximum Gasteiger partial charge on any atom is 0.146 e. The van der Waals surface area contributed by atoms with Crippen molar-refractivity contribution in [2.75, 3.05) is 19.6 Å². The van der Waals surface area contributed by atoms with Gasteiger partial charge < -0.3 is 0 Å². The number of carbonyl (C=O) groups is 1. The standard InChI is InChI=1S/C14H25NO/c1-2-13(16)12-15-10-8-14(9-11-15)6-4-3-5-7-14/h2-12H2,1H3. The summed E-state index contributed by atoms with van der Waals surface area (Å²) in [4.78, 5) is 13.8. The van der Waals surface area contributed by atoms with Crippen LogP contribution in [0.4, 0.5) is 0 Å². The van der Waals surface area contributed by atoms with Crippen molar-refractivity contribution >= 4 is 5.78 Å². The summed E-state index contributed by atoms with van der Waals surface area (Å²) in [6.45, 7) is 4.99. The van der Waals surface area contributed by atoms with Gasteiger partial charge in [0.15, 0.2) is 0 Å². The van der Waals surface area contributed by atoms with Gasteiger partial charge >= 0.3 is 0 Å². The maximum atomic E-state index is 11.4. The zero-order chi connectivity index (χ0) is 11.4. The van der Waals surface area contributed by atoms with E-state index in [9.17, 15) is 4.79 Å². The van der Waals surface area contributed by atoms with E-state index in [1.54, 1.807) is 0 Å². The lowest BCUT2D eigenvalue weighted by Gasteiger charge is -2.44. The number of hydrogen-bond acceptors (Lipinski definition) is 2. The monoisotopic (exact) mass is 223 g/mol. The van der Waals surface area contributed by atoms with Gasteiger partial charge in [-0.15, -0.1) is 0 Å². The molecule has 2 aliphatic rings. The molecule has 2 nitrogen and oxygen atoms in total. The van der Waals surface area contributed by atoms with Crippen molar-refractivity contribution in [1.82, 2.24) is 4.90 Å². The zero-order valence-electron chi connectivity index (χ0n) is 10.6. The minimum absolute atomic E-state index is 0.402. The Morgan fingerprint density at radius 2 is 1.69 bits per heavy atom. The number of rotatable bonds is 3. The van der Waals surface area contributed by atoms with Crippen molar-refractivity contribution in [3.63, 3.8) is 0 Å². The van der Waals surface area contributed by atoms with Crippen LogP contribution in [0.3, 0.4) is 0 Å². The number of ketones is 1. The Kier molecular flexibility index (Phi) is 4.01. The predicted octanol–water partition coefficient (Wildman–Crippen LogP) is 3.01. The summed E-state index contributed by atoms with van der Waals surface area (Å²) in [6, 6.07) is 0. The van der Waals surface area contributed by atoms with E-state index in [0.717, 1.165) is 13.1 Å². The lowest BCUT2D eigenvalue weighted by atomic mass is 9.68. The molecule has 0 N–H and O–H groups in total. The molecular formula is C14H25NO. The molecule has 0 amide bonds. The molecule has 2 rings (SSSR count). The van der Waals surface area contributed by atoms with Gasteiger partial charge in [-0.3, -0.25) is 9.69 Å². The molecule has 0 atom stereocenters. The number of nitrogens with zero attached hydrogens (tertiary/aromatic N) is 1. The summed E-state index contributed by atoms with van der Waals surface area (Å²) in [6.07, 6.45) is 10.6. The number of piperidine rings is 1. The van der Waals surface area contributed by atoms with Crippen LogP contribution in [-0.2, 0) is 4.79 Å². The highest BCUT2D eigenvalue weighted by atomic mass is 16.1. The number of Topliss-reactive ketones (excluding diaryl/α,β-unsaturated/α-hetero) is 1. The van der Waals surface area contributed by atoms with Crippen LogP contribution < -0.4 is 0 Å². The van der Waals surface area contributed by atoms with Crippen LogP contribution in [0.25, 0.3) is 0 Å². The van der Waals surface area contributed by atoms with Crippen molar-refractivity contribution in [3.8, 4) is 0 Å². The minimum Gasteiger partial charge on any atom is -0.298 e. The lowest BCUT2D eigenvalue weighted by molar-refractivity contribution is -0.120. The fraction of sp³-hybridized carbons (Fsp3) is 0.929. The fourth-order valence-corrected chi connectivity index (χ4v) is 3.35. The SMILES string of the molecule is CCC(=O)CN1CCC2(CCCCC2)CC1. The topological polar surface area (TPSA) is 20.3 Å². The number of likely N-dealkylation sites (tertiary alicyclic amines) is 1. The van der Waals surface area contributed by atoms with Crippen LogP contribution in [0.5, 0.6) is 0 Å². The molecule has 1 aliphatic carbocycles. The molecule has 2 heteroatoms. The van der Waals surface area contributed by atoms with Gasteiger partial charge in [-0.1, -0.05) is 26.2 Å². The van der Waals surface area contributed by atoms with E-state index in [1.165, 1.54) is 44.9 Å². The second-order valence-electron chi connectivity index (χ2n) is 5.73. The largest absolute Gasteiger partial charge is 0.298 e. The molecule has 92 valence electrons. The molecule has 16 heavy (non-hydrogen) atoms. The highest BCUT2D eigenvalue weighted by Gasteiger charge is 2.35. The molecule has 1 saturated carbocycles. The van der Waals surface area contributed by atoms with Crippen molar-refractivity contribution in [2.45, 2.75) is 58.3 Å². The first-order valence-corrected chi connectivity index (χ1v) is 6.98. The summed E-state index contributed by atoms with van der Waals surface area (Å²) in [5.41, 5.74) is 0.671. The van der Waals surface area contributed by atoms with Crippen LogP contribution >= 0.6 is 0 Å². The van der Waals surface area contributed by atoms with Gasteiger partial charge in [-0.2, -0.15) is 0 Å². The molecule has 2 fully saturated rings. The normalized spacial score (nSPS) is 25.8. The van der Waals surface area contributed by atoms with E-state index in [2.05, 4.69) is 4.90 Å². The second-order valence-corrected chi connectivity index (χ2v) is 5.73. The summed E-state index contributed by atoms with van der Waals surface area (Å²) in [5, 5.41) is 0. The number of carbonyl (C=O) groups excluding carboxylic acids is 1. The van der Waals surface area contributed by atoms with Gasteiger partial charge in [0.25, 0.3) is 0 Å². The van der Waals surface area contributed by atoms with E-state index in [4.69, 9.17) is 0 Å². The Morgan fingerprint density at radius 3 is 2.25 bits per heavy atom. The van der Waals surface area contributed by atoms with Gasteiger partial charge in [0.2, 0.25) is 0 Å². The summed E-state index contributed by atoms with van der Waals surface area (Å²) < 4.78 is 0. The third kappa shape index (κ3) is 2.85. The third-order valence-corrected chi connectivity index (χ3v) is 4.63. The molecule has 0 radical (unpaired) electrons. The van der Waals surface area contributed by atoms with Crippen LogP contribution in [0.1, 0.15) is 58.3 Å². The minimum atomic E-state index is 0.402. The van der Waals surface area contributed by atoms with Crippen molar-refractivity contribution in [1.29, 1.82) is 0 Å². The van der Waals surface area contributed by atoms with Crippen LogP contribution in [0.15, 0.2) is 0 Å². The summed E-state index contributed by atoms with van der Waals surface area (Å²) in [5.74, 6) is 0.402. The molecular weight excluding hydrogens is 198 g/mol. The quantitative estimate of drug-likeness (QED) is 0.733. The summed E-state index contributed by atoms with van der Waals surface area (Å²) >= 11 is 0. The average Bonchev–Trinajstić information content (AvgIpc) is 2.33. The van der Waals surface area contributed by atoms with Gasteiger partial charge in [0.1, 0.15) is 5.78 Å². The zero-order valence-corrected chi connectivity index (χ0v) is 10.6. The Hall–Kier alpha value is -0.370. The molecule has 1 heterocycles. The maximum absolute atomic E-state index is 11.4. The summed E-state index contributed by atoms with van der Waals surface area (Å²) in [7, 11) is 0. The lowest BCUT2D eigenvalue weighted by Crippen LogP contribution is -2.42. The van der Waals surface area contributed by atoms with E-state index < -0.39 is 0 Å². The van der Waals surface area contributed by atoms with Crippen molar-refractivity contribution in [3.05, 3.63) is 0 Å². The Bertz CT molecular complexity index is 233. The van der Waals surface area contributed by atoms with Crippen LogP contribution in [-0.4, -0.2) is 30.3 Å². The third-order valence-electron chi connectivity index (χ3n) is 4.63. The highest BCUT2D eigenvalue weighted by molar-refractivity contribution is 5.80. The first-order chi connectivity index (χ1) is 7.74.